The first-order chi connectivity index (χ1) is 18.2. The monoisotopic (exact) mass is 541 g/mol. The lowest BCUT2D eigenvalue weighted by Crippen LogP contribution is -2.39. The van der Waals surface area contributed by atoms with Crippen LogP contribution in [0.1, 0.15) is 37.0 Å². The van der Waals surface area contributed by atoms with Crippen molar-refractivity contribution in [2.24, 2.45) is 5.10 Å². The first-order valence-corrected chi connectivity index (χ1v) is 13.7. The van der Waals surface area contributed by atoms with Crippen LogP contribution >= 0.6 is 0 Å². The van der Waals surface area contributed by atoms with Gasteiger partial charge in [0.25, 0.3) is 5.91 Å². The Hall–Kier alpha value is -3.76. The van der Waals surface area contributed by atoms with Gasteiger partial charge in [-0.2, -0.15) is 9.41 Å². The molecule has 0 saturated heterocycles. The number of rotatable bonds is 13. The molecule has 0 spiro atoms. The summed E-state index contributed by atoms with van der Waals surface area (Å²) in [6, 6.07) is 17.3. The molecule has 8 nitrogen and oxygen atoms in total. The van der Waals surface area contributed by atoms with E-state index in [0.29, 0.717) is 30.3 Å². The maximum atomic E-state index is 14.3. The molecule has 0 aromatic heterocycles. The molecule has 0 saturated carbocycles. The topological polar surface area (TPSA) is 97.3 Å². The number of halogens is 1. The van der Waals surface area contributed by atoms with E-state index in [1.165, 1.54) is 36.5 Å². The molecule has 3 rings (SSSR count). The van der Waals surface area contributed by atoms with Crippen LogP contribution in [0.4, 0.5) is 4.39 Å². The van der Waals surface area contributed by atoms with Crippen LogP contribution in [0.25, 0.3) is 0 Å². The number of nitrogens with zero attached hydrogens (tertiary/aromatic N) is 2. The Kier molecular flexibility index (Phi) is 10.4. The predicted molar refractivity (Wildman–Crippen MR) is 144 cm³/mol. The number of ether oxygens (including phenoxy) is 2. The van der Waals surface area contributed by atoms with E-state index < -0.39 is 28.3 Å². The van der Waals surface area contributed by atoms with Crippen molar-refractivity contribution < 1.29 is 27.1 Å². The van der Waals surface area contributed by atoms with Gasteiger partial charge >= 0.3 is 0 Å². The number of hydrazone groups is 1. The lowest BCUT2D eigenvalue weighted by Gasteiger charge is -2.22. The molecule has 3 aromatic carbocycles. The number of benzene rings is 3. The first-order valence-electron chi connectivity index (χ1n) is 12.3. The minimum atomic E-state index is -4.11. The Morgan fingerprint density at radius 2 is 1.76 bits per heavy atom. The Labute approximate surface area is 223 Å². The van der Waals surface area contributed by atoms with Gasteiger partial charge in [0.15, 0.2) is 11.5 Å². The number of sulfonamides is 1. The molecular weight excluding hydrogens is 509 g/mol. The number of amides is 1. The number of hydrogen-bond acceptors (Lipinski definition) is 6. The number of carbonyl (C=O) groups is 1. The van der Waals surface area contributed by atoms with Gasteiger partial charge in [0, 0.05) is 12.1 Å². The molecule has 38 heavy (non-hydrogen) atoms. The Balaban J connectivity index is 1.76. The van der Waals surface area contributed by atoms with Gasteiger partial charge in [-0.25, -0.2) is 18.2 Å². The van der Waals surface area contributed by atoms with Crippen molar-refractivity contribution in [1.29, 1.82) is 0 Å². The smallest absolute Gasteiger partial charge is 0.255 e. The highest BCUT2D eigenvalue weighted by molar-refractivity contribution is 7.89. The summed E-state index contributed by atoms with van der Waals surface area (Å²) in [7, 11) is -4.11. The number of carbonyl (C=O) groups excluding carboxylic acids is 1. The van der Waals surface area contributed by atoms with E-state index in [0.717, 1.165) is 16.3 Å². The second-order valence-corrected chi connectivity index (χ2v) is 10.4. The average molecular weight is 542 g/mol. The molecule has 0 heterocycles. The van der Waals surface area contributed by atoms with Crippen LogP contribution in [0.3, 0.4) is 0 Å². The fraction of sp³-hybridized carbons (Fsp3) is 0.286. The van der Waals surface area contributed by atoms with Crippen molar-refractivity contribution >= 4 is 22.1 Å². The van der Waals surface area contributed by atoms with Crippen LogP contribution in [0.5, 0.6) is 11.5 Å². The molecule has 10 heteroatoms. The Morgan fingerprint density at radius 3 is 2.45 bits per heavy atom. The van der Waals surface area contributed by atoms with Crippen molar-refractivity contribution in [2.45, 2.75) is 38.6 Å². The summed E-state index contributed by atoms with van der Waals surface area (Å²) in [5, 5.41) is 3.96. The van der Waals surface area contributed by atoms with E-state index in [4.69, 9.17) is 9.47 Å². The molecule has 1 amide bonds. The third-order valence-electron chi connectivity index (χ3n) is 5.42. The summed E-state index contributed by atoms with van der Waals surface area (Å²) in [5.74, 6) is -0.0795. The van der Waals surface area contributed by atoms with Crippen LogP contribution in [-0.4, -0.2) is 44.6 Å². The lowest BCUT2D eigenvalue weighted by molar-refractivity contribution is -0.121. The molecular formula is C28H32FN3O5S. The van der Waals surface area contributed by atoms with Crippen molar-refractivity contribution in [3.63, 3.8) is 0 Å². The lowest BCUT2D eigenvalue weighted by atomic mass is 10.2. The third-order valence-corrected chi connectivity index (χ3v) is 7.22. The molecule has 0 radical (unpaired) electrons. The minimum Gasteiger partial charge on any atom is -0.490 e. The van der Waals surface area contributed by atoms with Crippen molar-refractivity contribution in [3.8, 4) is 11.5 Å². The fourth-order valence-electron chi connectivity index (χ4n) is 3.48. The molecule has 0 fully saturated rings. The predicted octanol–water partition coefficient (Wildman–Crippen LogP) is 4.66. The second kappa shape index (κ2) is 13.7. The van der Waals surface area contributed by atoms with Crippen molar-refractivity contribution in [2.75, 3.05) is 19.8 Å². The minimum absolute atomic E-state index is 0.00424. The summed E-state index contributed by atoms with van der Waals surface area (Å²) in [5.41, 5.74) is 4.03. The van der Waals surface area contributed by atoms with Gasteiger partial charge in [0.05, 0.1) is 30.9 Å². The van der Waals surface area contributed by atoms with Crippen molar-refractivity contribution in [1.82, 2.24) is 9.73 Å². The van der Waals surface area contributed by atoms with Gasteiger partial charge in [-0.1, -0.05) is 42.8 Å². The highest BCUT2D eigenvalue weighted by Crippen LogP contribution is 2.28. The van der Waals surface area contributed by atoms with E-state index in [-0.39, 0.29) is 17.0 Å². The summed E-state index contributed by atoms with van der Waals surface area (Å²) >= 11 is 0. The Morgan fingerprint density at radius 1 is 1.03 bits per heavy atom. The highest BCUT2D eigenvalue weighted by atomic mass is 32.2. The van der Waals surface area contributed by atoms with Gasteiger partial charge in [0.1, 0.15) is 5.82 Å². The molecule has 0 atom stereocenters. The summed E-state index contributed by atoms with van der Waals surface area (Å²) in [4.78, 5) is 12.7. The van der Waals surface area contributed by atoms with Gasteiger partial charge in [-0.05, 0) is 62.2 Å². The van der Waals surface area contributed by atoms with E-state index in [1.54, 1.807) is 36.4 Å². The summed E-state index contributed by atoms with van der Waals surface area (Å²) < 4.78 is 53.3. The normalized spacial score (nSPS) is 11.6. The largest absolute Gasteiger partial charge is 0.490 e. The highest BCUT2D eigenvalue weighted by Gasteiger charge is 2.27. The zero-order valence-electron chi connectivity index (χ0n) is 21.7. The van der Waals surface area contributed by atoms with Gasteiger partial charge < -0.3 is 9.47 Å². The number of hydrogen-bond donors (Lipinski definition) is 1. The van der Waals surface area contributed by atoms with E-state index in [2.05, 4.69) is 10.5 Å². The molecule has 0 unspecified atom stereocenters. The number of nitrogens with one attached hydrogen (secondary N) is 1. The van der Waals surface area contributed by atoms with Crippen LogP contribution in [-0.2, 0) is 21.4 Å². The standard InChI is InChI=1S/C28H32FN3O5S/c1-4-16-37-26-15-12-22(17-27(26)36-5-2)18-30-31-28(33)20-32(19-23-8-6-7-9-25(23)29)38(34,35)24-13-10-21(3)11-14-24/h6-15,17-18H,4-5,16,19-20H2,1-3H3,(H,31,33)/b30-18-. The van der Waals surface area contributed by atoms with Gasteiger partial charge in [0.2, 0.25) is 10.0 Å². The molecule has 0 bridgehead atoms. The van der Waals surface area contributed by atoms with Gasteiger partial charge in [-0.3, -0.25) is 4.79 Å². The van der Waals surface area contributed by atoms with E-state index >= 15 is 0 Å². The second-order valence-electron chi connectivity index (χ2n) is 8.46. The van der Waals surface area contributed by atoms with Crippen LogP contribution in [0, 0.1) is 12.7 Å². The Bertz CT molecular complexity index is 1360. The maximum Gasteiger partial charge on any atom is 0.255 e. The van der Waals surface area contributed by atoms with Gasteiger partial charge in [-0.15, -0.1) is 0 Å². The van der Waals surface area contributed by atoms with E-state index in [1.807, 2.05) is 20.8 Å². The van der Waals surface area contributed by atoms with Crippen LogP contribution < -0.4 is 14.9 Å². The zero-order valence-corrected chi connectivity index (χ0v) is 22.5. The molecule has 1 N–H and O–H groups in total. The van der Waals surface area contributed by atoms with E-state index in [9.17, 15) is 17.6 Å². The first kappa shape index (κ1) is 28.8. The maximum absolute atomic E-state index is 14.3. The zero-order chi connectivity index (χ0) is 27.5. The SMILES string of the molecule is CCCOc1ccc(/C=N\NC(=O)CN(Cc2ccccc2F)S(=O)(=O)c2ccc(C)cc2)cc1OCC. The fourth-order valence-corrected chi connectivity index (χ4v) is 4.86. The van der Waals surface area contributed by atoms with Crippen molar-refractivity contribution in [3.05, 3.63) is 89.2 Å². The number of aryl methyl sites for hydroxylation is 1. The average Bonchev–Trinajstić information content (AvgIpc) is 2.89. The quantitative estimate of drug-likeness (QED) is 0.251. The molecule has 3 aromatic rings. The third kappa shape index (κ3) is 7.87. The molecule has 202 valence electrons. The molecule has 0 aliphatic heterocycles. The van der Waals surface area contributed by atoms with Crippen LogP contribution in [0.2, 0.25) is 0 Å². The van der Waals surface area contributed by atoms with Crippen LogP contribution in [0.15, 0.2) is 76.7 Å². The summed E-state index contributed by atoms with van der Waals surface area (Å²) in [6.45, 7) is 5.83. The molecule has 0 aliphatic carbocycles. The molecule has 0 aliphatic rings. The summed E-state index contributed by atoms with van der Waals surface area (Å²) in [6.07, 6.45) is 2.27.